The fraction of sp³-hybridized carbons (Fsp3) is 1.00. The Kier molecular flexibility index (Phi) is 3.38. The van der Waals surface area contributed by atoms with E-state index in [2.05, 4.69) is 12.2 Å². The Morgan fingerprint density at radius 1 is 1.05 bits per heavy atom. The molecule has 0 saturated heterocycles. The highest BCUT2D eigenvalue weighted by molar-refractivity contribution is 5.02. The van der Waals surface area contributed by atoms with Crippen molar-refractivity contribution >= 4 is 0 Å². The molecule has 2 N–H and O–H groups in total. The van der Waals surface area contributed by atoms with Crippen LogP contribution in [0.25, 0.3) is 0 Å². The normalized spacial score (nSPS) is 54.3. The Morgan fingerprint density at radius 3 is 2.30 bits per heavy atom. The summed E-state index contributed by atoms with van der Waals surface area (Å²) in [5.41, 5.74) is -0.410. The Balaban J connectivity index is 1.37. The Morgan fingerprint density at radius 2 is 1.70 bits per heavy atom. The lowest BCUT2D eigenvalue weighted by Gasteiger charge is -2.55. The highest BCUT2D eigenvalue weighted by atomic mass is 16.3. The van der Waals surface area contributed by atoms with Crippen molar-refractivity contribution in [1.82, 2.24) is 5.32 Å². The van der Waals surface area contributed by atoms with E-state index in [1.165, 1.54) is 44.9 Å². The van der Waals surface area contributed by atoms with Gasteiger partial charge in [0.15, 0.2) is 0 Å². The molecule has 114 valence electrons. The molecule has 4 bridgehead atoms. The van der Waals surface area contributed by atoms with E-state index < -0.39 is 5.60 Å². The lowest BCUT2D eigenvalue weighted by Crippen LogP contribution is -2.57. The summed E-state index contributed by atoms with van der Waals surface area (Å²) in [6.07, 6.45) is 11.9. The van der Waals surface area contributed by atoms with Crippen molar-refractivity contribution < 1.29 is 5.11 Å². The van der Waals surface area contributed by atoms with Gasteiger partial charge in [0.05, 0.1) is 5.60 Å². The first-order valence-corrected chi connectivity index (χ1v) is 9.07. The van der Waals surface area contributed by atoms with Crippen LogP contribution in [0, 0.1) is 29.6 Å². The molecule has 0 aliphatic heterocycles. The van der Waals surface area contributed by atoms with E-state index in [1.54, 1.807) is 0 Å². The third-order valence-electron chi connectivity index (χ3n) is 6.96. The maximum atomic E-state index is 10.8. The van der Waals surface area contributed by atoms with Gasteiger partial charge in [-0.15, -0.1) is 0 Å². The van der Waals surface area contributed by atoms with E-state index in [-0.39, 0.29) is 0 Å². The van der Waals surface area contributed by atoms with Crippen LogP contribution in [-0.4, -0.2) is 23.3 Å². The molecular weight excluding hydrogens is 246 g/mol. The molecule has 5 aliphatic carbocycles. The van der Waals surface area contributed by atoms with Crippen molar-refractivity contribution in [3.63, 3.8) is 0 Å². The maximum Gasteiger partial charge on any atom is 0.0774 e. The summed E-state index contributed by atoms with van der Waals surface area (Å²) in [7, 11) is 0. The molecule has 5 saturated carbocycles. The van der Waals surface area contributed by atoms with Crippen molar-refractivity contribution in [2.45, 2.75) is 76.4 Å². The molecule has 2 nitrogen and oxygen atoms in total. The highest BCUT2D eigenvalue weighted by Crippen LogP contribution is 2.53. The van der Waals surface area contributed by atoms with Crippen molar-refractivity contribution in [2.75, 3.05) is 6.54 Å². The minimum absolute atomic E-state index is 0.410. The lowest BCUT2D eigenvalue weighted by atomic mass is 9.54. The van der Waals surface area contributed by atoms with Crippen LogP contribution in [-0.2, 0) is 0 Å². The topological polar surface area (TPSA) is 32.3 Å². The molecule has 0 aromatic carbocycles. The van der Waals surface area contributed by atoms with Gasteiger partial charge < -0.3 is 10.4 Å². The summed E-state index contributed by atoms with van der Waals surface area (Å²) in [6, 6.07) is 0.726. The summed E-state index contributed by atoms with van der Waals surface area (Å²) in [6.45, 7) is 3.15. The van der Waals surface area contributed by atoms with Crippen LogP contribution in [0.5, 0.6) is 0 Å². The number of hydrogen-bond donors (Lipinski definition) is 2. The molecular formula is C18H31NO. The first-order valence-electron chi connectivity index (χ1n) is 9.07. The molecule has 0 amide bonds. The molecule has 0 spiro atoms. The van der Waals surface area contributed by atoms with Gasteiger partial charge in [-0.25, -0.2) is 0 Å². The fourth-order valence-electron chi connectivity index (χ4n) is 6.36. The third kappa shape index (κ3) is 2.43. The minimum atomic E-state index is -0.410. The second-order valence-corrected chi connectivity index (χ2v) is 8.76. The van der Waals surface area contributed by atoms with Gasteiger partial charge in [0.2, 0.25) is 0 Å². The summed E-state index contributed by atoms with van der Waals surface area (Å²) in [5.74, 6) is 4.66. The molecule has 0 aromatic heterocycles. The summed E-state index contributed by atoms with van der Waals surface area (Å²) < 4.78 is 0. The summed E-state index contributed by atoms with van der Waals surface area (Å²) >= 11 is 0. The van der Waals surface area contributed by atoms with Gasteiger partial charge in [-0.05, 0) is 74.5 Å². The Bertz CT molecular complexity index is 340. The molecule has 5 rings (SSSR count). The SMILES string of the molecule is CC1CCCC(O)(CNC2C3CC4CC(C3)CC2C4)C1. The first-order chi connectivity index (χ1) is 9.61. The standard InChI is InChI=1S/C18H31NO/c1-12-3-2-4-18(20,10-12)11-19-17-15-6-13-5-14(8-15)9-16(17)7-13/h12-17,19-20H,2-11H2,1H3. The van der Waals surface area contributed by atoms with Crippen LogP contribution in [0.3, 0.4) is 0 Å². The molecule has 2 atom stereocenters. The molecule has 20 heavy (non-hydrogen) atoms. The zero-order valence-corrected chi connectivity index (χ0v) is 13.0. The van der Waals surface area contributed by atoms with E-state index in [0.29, 0.717) is 5.92 Å². The number of aliphatic hydroxyl groups is 1. The van der Waals surface area contributed by atoms with E-state index in [1.807, 2.05) is 0 Å². The van der Waals surface area contributed by atoms with Gasteiger partial charge in [0.25, 0.3) is 0 Å². The third-order valence-corrected chi connectivity index (χ3v) is 6.96. The van der Waals surface area contributed by atoms with Crippen molar-refractivity contribution in [1.29, 1.82) is 0 Å². The fourth-order valence-corrected chi connectivity index (χ4v) is 6.36. The Hall–Kier alpha value is -0.0800. The average Bonchev–Trinajstić information content (AvgIpc) is 2.36. The van der Waals surface area contributed by atoms with Crippen LogP contribution < -0.4 is 5.32 Å². The molecule has 2 heteroatoms. The summed E-state index contributed by atoms with van der Waals surface area (Å²) in [4.78, 5) is 0. The zero-order valence-electron chi connectivity index (χ0n) is 13.0. The van der Waals surface area contributed by atoms with Crippen LogP contribution in [0.1, 0.15) is 64.7 Å². The van der Waals surface area contributed by atoms with Crippen molar-refractivity contribution in [3.05, 3.63) is 0 Å². The van der Waals surface area contributed by atoms with E-state index in [0.717, 1.165) is 49.1 Å². The number of rotatable bonds is 3. The van der Waals surface area contributed by atoms with Crippen LogP contribution >= 0.6 is 0 Å². The average molecular weight is 277 g/mol. The maximum absolute atomic E-state index is 10.8. The lowest BCUT2D eigenvalue weighted by molar-refractivity contribution is -0.0436. The molecule has 0 aromatic rings. The Labute approximate surface area is 123 Å². The number of nitrogens with one attached hydrogen (secondary N) is 1. The molecule has 0 radical (unpaired) electrons. The minimum Gasteiger partial charge on any atom is -0.389 e. The predicted octanol–water partition coefficient (Wildman–Crippen LogP) is 3.34. The van der Waals surface area contributed by atoms with E-state index >= 15 is 0 Å². The largest absolute Gasteiger partial charge is 0.389 e. The highest BCUT2D eigenvalue weighted by Gasteiger charge is 2.48. The first kappa shape index (κ1) is 13.6. The van der Waals surface area contributed by atoms with Gasteiger partial charge in [-0.3, -0.25) is 0 Å². The van der Waals surface area contributed by atoms with Crippen LogP contribution in [0.2, 0.25) is 0 Å². The molecule has 2 unspecified atom stereocenters. The monoisotopic (exact) mass is 277 g/mol. The van der Waals surface area contributed by atoms with Crippen LogP contribution in [0.4, 0.5) is 0 Å². The van der Waals surface area contributed by atoms with Crippen molar-refractivity contribution in [3.8, 4) is 0 Å². The quantitative estimate of drug-likeness (QED) is 0.829. The van der Waals surface area contributed by atoms with Gasteiger partial charge in [-0.1, -0.05) is 19.8 Å². The van der Waals surface area contributed by atoms with Gasteiger partial charge in [0.1, 0.15) is 0 Å². The zero-order chi connectivity index (χ0) is 13.7. The van der Waals surface area contributed by atoms with E-state index in [4.69, 9.17) is 0 Å². The second kappa shape index (κ2) is 4.98. The molecule has 5 aliphatic rings. The van der Waals surface area contributed by atoms with Gasteiger partial charge in [0, 0.05) is 12.6 Å². The molecule has 0 heterocycles. The van der Waals surface area contributed by atoms with Crippen LogP contribution in [0.15, 0.2) is 0 Å². The smallest absolute Gasteiger partial charge is 0.0774 e. The van der Waals surface area contributed by atoms with Crippen molar-refractivity contribution in [2.24, 2.45) is 29.6 Å². The van der Waals surface area contributed by atoms with Gasteiger partial charge >= 0.3 is 0 Å². The second-order valence-electron chi connectivity index (χ2n) is 8.76. The van der Waals surface area contributed by atoms with E-state index in [9.17, 15) is 5.11 Å². The molecule has 5 fully saturated rings. The summed E-state index contributed by atoms with van der Waals surface area (Å²) in [5, 5.41) is 14.7. The van der Waals surface area contributed by atoms with Gasteiger partial charge in [-0.2, -0.15) is 0 Å². The number of hydrogen-bond acceptors (Lipinski definition) is 2. The predicted molar refractivity (Wildman–Crippen MR) is 81.4 cm³/mol.